The van der Waals surface area contributed by atoms with Gasteiger partial charge in [-0.2, -0.15) is 0 Å². The van der Waals surface area contributed by atoms with Gasteiger partial charge < -0.3 is 15.5 Å². The van der Waals surface area contributed by atoms with E-state index < -0.39 is 0 Å². The smallest absolute Gasteiger partial charge is 0.258 e. The zero-order chi connectivity index (χ0) is 16.5. The zero-order valence-electron chi connectivity index (χ0n) is 12.8. The monoisotopic (exact) mass is 324 g/mol. The average molecular weight is 324 g/mol. The molecule has 3 aromatic rings. The van der Waals surface area contributed by atoms with Crippen LogP contribution in [0.15, 0.2) is 41.0 Å². The van der Waals surface area contributed by atoms with Crippen molar-refractivity contribution in [2.75, 3.05) is 5.32 Å². The minimum atomic E-state index is -0.252. The number of anilines is 1. The second-order valence-electron chi connectivity index (χ2n) is 5.72. The van der Waals surface area contributed by atoms with Gasteiger partial charge in [-0.3, -0.25) is 4.79 Å². The lowest BCUT2D eigenvalue weighted by Gasteiger charge is -2.07. The lowest BCUT2D eigenvalue weighted by atomic mass is 10.2. The zero-order valence-corrected chi connectivity index (χ0v) is 12.8. The Morgan fingerprint density at radius 3 is 3.00 bits per heavy atom. The second kappa shape index (κ2) is 5.89. The predicted octanol–water partition coefficient (Wildman–Crippen LogP) is 1.98. The number of nitrogens with zero attached hydrogens (tertiary/aromatic N) is 4. The number of furan rings is 1. The molecule has 0 spiro atoms. The highest BCUT2D eigenvalue weighted by molar-refractivity contribution is 6.04. The molecule has 1 aliphatic rings. The van der Waals surface area contributed by atoms with Gasteiger partial charge in [0.15, 0.2) is 5.82 Å². The minimum absolute atomic E-state index is 0.252. The van der Waals surface area contributed by atoms with Crippen molar-refractivity contribution in [1.29, 1.82) is 0 Å². The van der Waals surface area contributed by atoms with Crippen LogP contribution in [0.2, 0.25) is 0 Å². The van der Waals surface area contributed by atoms with Crippen LogP contribution in [-0.2, 0) is 6.54 Å². The molecule has 122 valence electrons. The van der Waals surface area contributed by atoms with Crippen molar-refractivity contribution in [2.24, 2.45) is 5.73 Å². The number of rotatable bonds is 5. The molecule has 1 amide bonds. The predicted molar refractivity (Wildman–Crippen MR) is 86.1 cm³/mol. The molecular formula is C16H16N6O2. The number of benzene rings is 1. The molecule has 0 aliphatic heterocycles. The molecule has 0 unspecified atom stereocenters. The SMILES string of the molecule is NCc1cc(C(=O)Nc2cccc(-c3nnnn3C3CC3)c2)co1. The highest BCUT2D eigenvalue weighted by atomic mass is 16.3. The summed E-state index contributed by atoms with van der Waals surface area (Å²) in [5.74, 6) is 1.03. The summed E-state index contributed by atoms with van der Waals surface area (Å²) in [4.78, 5) is 12.3. The molecule has 1 aliphatic carbocycles. The van der Waals surface area contributed by atoms with Gasteiger partial charge in [0.1, 0.15) is 12.0 Å². The molecule has 24 heavy (non-hydrogen) atoms. The molecule has 1 saturated carbocycles. The molecule has 0 saturated heterocycles. The standard InChI is InChI=1S/C16H16N6O2/c17-8-14-7-11(9-24-14)16(23)18-12-3-1-2-10(6-12)15-19-20-21-22(15)13-4-5-13/h1-3,6-7,9,13H,4-5,8,17H2,(H,18,23). The summed E-state index contributed by atoms with van der Waals surface area (Å²) >= 11 is 0. The van der Waals surface area contributed by atoms with Crippen molar-refractivity contribution in [3.63, 3.8) is 0 Å². The van der Waals surface area contributed by atoms with E-state index in [0.717, 1.165) is 18.4 Å². The molecule has 0 bridgehead atoms. The van der Waals surface area contributed by atoms with Crippen molar-refractivity contribution in [2.45, 2.75) is 25.4 Å². The Balaban J connectivity index is 1.56. The number of carbonyl (C=O) groups is 1. The van der Waals surface area contributed by atoms with Crippen LogP contribution in [0.4, 0.5) is 5.69 Å². The molecule has 2 aromatic heterocycles. The highest BCUT2D eigenvalue weighted by Gasteiger charge is 2.28. The molecule has 8 heteroatoms. The number of nitrogens with one attached hydrogen (secondary N) is 1. The number of tetrazole rings is 1. The third-order valence-corrected chi connectivity index (χ3v) is 3.88. The van der Waals surface area contributed by atoms with Gasteiger partial charge in [-0.25, -0.2) is 4.68 Å². The van der Waals surface area contributed by atoms with E-state index in [9.17, 15) is 4.79 Å². The van der Waals surface area contributed by atoms with Crippen LogP contribution >= 0.6 is 0 Å². The van der Waals surface area contributed by atoms with Crippen LogP contribution in [0.25, 0.3) is 11.4 Å². The normalized spacial score (nSPS) is 13.9. The number of carbonyl (C=O) groups excluding carboxylic acids is 1. The van der Waals surface area contributed by atoms with Crippen LogP contribution in [0.5, 0.6) is 0 Å². The number of amides is 1. The fourth-order valence-electron chi connectivity index (χ4n) is 2.49. The van der Waals surface area contributed by atoms with Crippen molar-refractivity contribution in [3.8, 4) is 11.4 Å². The van der Waals surface area contributed by atoms with E-state index in [2.05, 4.69) is 20.8 Å². The summed E-state index contributed by atoms with van der Waals surface area (Å²) in [7, 11) is 0. The van der Waals surface area contributed by atoms with E-state index in [1.54, 1.807) is 6.07 Å². The van der Waals surface area contributed by atoms with E-state index in [0.29, 0.717) is 28.9 Å². The van der Waals surface area contributed by atoms with Crippen molar-refractivity contribution in [1.82, 2.24) is 20.2 Å². The van der Waals surface area contributed by atoms with Crippen LogP contribution in [0, 0.1) is 0 Å². The van der Waals surface area contributed by atoms with Crippen LogP contribution in [-0.4, -0.2) is 26.1 Å². The van der Waals surface area contributed by atoms with E-state index in [1.807, 2.05) is 28.9 Å². The van der Waals surface area contributed by atoms with Crippen molar-refractivity contribution >= 4 is 11.6 Å². The summed E-state index contributed by atoms with van der Waals surface area (Å²) in [5, 5.41) is 14.8. The number of hydrogen-bond donors (Lipinski definition) is 2. The second-order valence-corrected chi connectivity index (χ2v) is 5.72. The van der Waals surface area contributed by atoms with Gasteiger partial charge in [-0.1, -0.05) is 12.1 Å². The van der Waals surface area contributed by atoms with Gasteiger partial charge in [-0.15, -0.1) is 5.10 Å². The molecule has 0 atom stereocenters. The highest BCUT2D eigenvalue weighted by Crippen LogP contribution is 2.36. The van der Waals surface area contributed by atoms with Gasteiger partial charge in [0, 0.05) is 11.3 Å². The number of aromatic nitrogens is 4. The molecule has 2 heterocycles. The quantitative estimate of drug-likeness (QED) is 0.742. The maximum atomic E-state index is 12.3. The molecule has 4 rings (SSSR count). The van der Waals surface area contributed by atoms with Crippen LogP contribution in [0.1, 0.15) is 35.0 Å². The molecular weight excluding hydrogens is 308 g/mol. The summed E-state index contributed by atoms with van der Waals surface area (Å²) in [6.07, 6.45) is 3.59. The average Bonchev–Trinajstić information content (AvgIpc) is 3.14. The minimum Gasteiger partial charge on any atom is -0.467 e. The van der Waals surface area contributed by atoms with E-state index in [4.69, 9.17) is 10.2 Å². The fourth-order valence-corrected chi connectivity index (χ4v) is 2.49. The lowest BCUT2D eigenvalue weighted by Crippen LogP contribution is -2.11. The molecule has 1 fully saturated rings. The van der Waals surface area contributed by atoms with Crippen LogP contribution in [0.3, 0.4) is 0 Å². The Morgan fingerprint density at radius 1 is 1.38 bits per heavy atom. The van der Waals surface area contributed by atoms with E-state index >= 15 is 0 Å². The summed E-state index contributed by atoms with van der Waals surface area (Å²) in [6, 6.07) is 9.46. The first-order chi connectivity index (χ1) is 11.7. The van der Waals surface area contributed by atoms with Crippen molar-refractivity contribution in [3.05, 3.63) is 47.9 Å². The molecule has 0 radical (unpaired) electrons. The fraction of sp³-hybridized carbons (Fsp3) is 0.250. The third-order valence-electron chi connectivity index (χ3n) is 3.88. The van der Waals surface area contributed by atoms with Gasteiger partial charge in [-0.05, 0) is 41.5 Å². The Hall–Kier alpha value is -3.00. The summed E-state index contributed by atoms with van der Waals surface area (Å²) in [6.45, 7) is 0.257. The third kappa shape index (κ3) is 2.79. The summed E-state index contributed by atoms with van der Waals surface area (Å²) < 4.78 is 7.03. The molecule has 1 aromatic carbocycles. The maximum Gasteiger partial charge on any atom is 0.258 e. The first-order valence-electron chi connectivity index (χ1n) is 7.72. The van der Waals surface area contributed by atoms with Gasteiger partial charge >= 0.3 is 0 Å². The molecule has 8 nitrogen and oxygen atoms in total. The maximum absolute atomic E-state index is 12.3. The van der Waals surface area contributed by atoms with Gasteiger partial charge in [0.05, 0.1) is 18.2 Å². The Kier molecular flexibility index (Phi) is 3.58. The Labute approximate surface area is 137 Å². The number of nitrogens with two attached hydrogens (primary N) is 1. The lowest BCUT2D eigenvalue weighted by molar-refractivity contribution is 0.102. The first-order valence-corrected chi connectivity index (χ1v) is 7.72. The van der Waals surface area contributed by atoms with Gasteiger partial charge in [0.25, 0.3) is 5.91 Å². The van der Waals surface area contributed by atoms with Gasteiger partial charge in [0.2, 0.25) is 0 Å². The van der Waals surface area contributed by atoms with Crippen molar-refractivity contribution < 1.29 is 9.21 Å². The number of hydrogen-bond acceptors (Lipinski definition) is 6. The van der Waals surface area contributed by atoms with Crippen LogP contribution < -0.4 is 11.1 Å². The summed E-state index contributed by atoms with van der Waals surface area (Å²) in [5.41, 5.74) is 7.45. The topological polar surface area (TPSA) is 112 Å². The Bertz CT molecular complexity index is 880. The Morgan fingerprint density at radius 2 is 2.25 bits per heavy atom. The largest absolute Gasteiger partial charge is 0.467 e. The first kappa shape index (κ1) is 14.6. The van der Waals surface area contributed by atoms with E-state index in [-0.39, 0.29) is 12.5 Å². The molecule has 3 N–H and O–H groups in total. The van der Waals surface area contributed by atoms with E-state index in [1.165, 1.54) is 6.26 Å².